The van der Waals surface area contributed by atoms with Crippen LogP contribution in [0.3, 0.4) is 0 Å². The summed E-state index contributed by atoms with van der Waals surface area (Å²) in [5, 5.41) is 3.62. The summed E-state index contributed by atoms with van der Waals surface area (Å²) >= 11 is 0. The van der Waals surface area contributed by atoms with E-state index >= 15 is 0 Å². The Morgan fingerprint density at radius 2 is 2.27 bits per heavy atom. The average molecular weight is 209 g/mol. The summed E-state index contributed by atoms with van der Waals surface area (Å²) in [4.78, 5) is 2.76. The molecule has 4 atom stereocenters. The van der Waals surface area contributed by atoms with Gasteiger partial charge < -0.3 is 14.2 Å². The molecule has 0 saturated carbocycles. The lowest BCUT2D eigenvalue weighted by atomic mass is 10.1. The Labute approximate surface area is 87.1 Å². The summed E-state index contributed by atoms with van der Waals surface area (Å²) in [6.07, 6.45) is 4.60. The molecular formula is C9H11N3O3. The number of rotatable bonds is 3. The van der Waals surface area contributed by atoms with Gasteiger partial charge in [-0.05, 0) is 5.53 Å². The van der Waals surface area contributed by atoms with E-state index in [2.05, 4.69) is 15.9 Å². The first-order valence-corrected chi connectivity index (χ1v) is 4.69. The van der Waals surface area contributed by atoms with Crippen molar-refractivity contribution in [1.82, 2.24) is 0 Å². The molecule has 0 spiro atoms. The molecule has 2 aliphatic rings. The number of nitrogens with zero attached hydrogens (tertiary/aromatic N) is 3. The van der Waals surface area contributed by atoms with Crippen molar-refractivity contribution in [3.8, 4) is 12.3 Å². The predicted octanol–water partition coefficient (Wildman–Crippen LogP) is 0.481. The van der Waals surface area contributed by atoms with Crippen LogP contribution >= 0.6 is 0 Å². The highest BCUT2D eigenvalue weighted by Gasteiger charge is 2.47. The number of hydrogen-bond acceptors (Lipinski definition) is 4. The summed E-state index contributed by atoms with van der Waals surface area (Å²) in [5.41, 5.74) is 8.34. The fourth-order valence-electron chi connectivity index (χ4n) is 1.91. The van der Waals surface area contributed by atoms with Crippen LogP contribution in [0, 0.1) is 12.3 Å². The molecule has 6 nitrogen and oxygen atoms in total. The lowest BCUT2D eigenvalue weighted by Crippen LogP contribution is -2.32. The first kappa shape index (κ1) is 10.3. The molecule has 0 radical (unpaired) electrons. The first-order chi connectivity index (χ1) is 7.36. The number of ether oxygens (including phenoxy) is 3. The molecule has 0 unspecified atom stereocenters. The van der Waals surface area contributed by atoms with Gasteiger partial charge in [-0.3, -0.25) is 0 Å². The van der Waals surface area contributed by atoms with Gasteiger partial charge in [0.2, 0.25) is 0 Å². The quantitative estimate of drug-likeness (QED) is 0.293. The van der Waals surface area contributed by atoms with Crippen molar-refractivity contribution in [2.24, 2.45) is 5.11 Å². The molecule has 80 valence electrons. The molecule has 0 N–H and O–H groups in total. The van der Waals surface area contributed by atoms with Crippen molar-refractivity contribution in [2.75, 3.05) is 19.8 Å². The van der Waals surface area contributed by atoms with Gasteiger partial charge in [0.15, 0.2) is 0 Å². The molecule has 2 heterocycles. The molecule has 0 aliphatic carbocycles. The Kier molecular flexibility index (Phi) is 3.09. The summed E-state index contributed by atoms with van der Waals surface area (Å²) < 4.78 is 16.3. The minimum atomic E-state index is -0.251. The average Bonchev–Trinajstić information content (AvgIpc) is 2.79. The number of azide groups is 1. The lowest BCUT2D eigenvalue weighted by Gasteiger charge is -2.14. The molecule has 2 aliphatic heterocycles. The molecular weight excluding hydrogens is 198 g/mol. The monoisotopic (exact) mass is 209 g/mol. The van der Waals surface area contributed by atoms with E-state index in [9.17, 15) is 0 Å². The number of fused-ring (bicyclic) bond motifs is 1. The van der Waals surface area contributed by atoms with Crippen molar-refractivity contribution >= 4 is 0 Å². The Morgan fingerprint density at radius 3 is 3.00 bits per heavy atom. The van der Waals surface area contributed by atoms with Gasteiger partial charge in [-0.25, -0.2) is 0 Å². The predicted molar refractivity (Wildman–Crippen MR) is 51.0 cm³/mol. The van der Waals surface area contributed by atoms with Crippen LogP contribution in [0.15, 0.2) is 5.11 Å². The summed E-state index contributed by atoms with van der Waals surface area (Å²) in [6.45, 7) is 1.07. The van der Waals surface area contributed by atoms with Crippen molar-refractivity contribution in [3.63, 3.8) is 0 Å². The standard InChI is InChI=1S/C9H11N3O3/c1-2-3-13-7-5-15-8-6(11-12-10)4-14-9(7)8/h1,6-9H,3-5H2/t6-,7+,8+,9-/m0/s1. The van der Waals surface area contributed by atoms with E-state index < -0.39 is 0 Å². The molecule has 0 aromatic rings. The van der Waals surface area contributed by atoms with Crippen LogP contribution in [0.25, 0.3) is 10.4 Å². The first-order valence-electron chi connectivity index (χ1n) is 4.69. The third-order valence-corrected chi connectivity index (χ3v) is 2.56. The second-order valence-corrected chi connectivity index (χ2v) is 3.42. The van der Waals surface area contributed by atoms with Gasteiger partial charge in [0.05, 0.1) is 25.4 Å². The second-order valence-electron chi connectivity index (χ2n) is 3.42. The van der Waals surface area contributed by atoms with Crippen molar-refractivity contribution in [3.05, 3.63) is 10.4 Å². The Bertz CT molecular complexity index is 321. The number of terminal acetylenes is 1. The smallest absolute Gasteiger partial charge is 0.113 e. The van der Waals surface area contributed by atoms with Gasteiger partial charge in [-0.2, -0.15) is 0 Å². The highest BCUT2D eigenvalue weighted by Crippen LogP contribution is 2.30. The SMILES string of the molecule is C#CCO[C@@H]1CO[C@H]2[C@H]1OC[C@@H]2N=[N+]=[N-]. The van der Waals surface area contributed by atoms with Crippen LogP contribution in [0.5, 0.6) is 0 Å². The summed E-state index contributed by atoms with van der Waals surface area (Å²) in [7, 11) is 0. The van der Waals surface area contributed by atoms with E-state index in [1.165, 1.54) is 0 Å². The Morgan fingerprint density at radius 1 is 1.47 bits per heavy atom. The van der Waals surface area contributed by atoms with E-state index in [1.807, 2.05) is 0 Å². The van der Waals surface area contributed by atoms with E-state index in [0.29, 0.717) is 13.2 Å². The molecule has 6 heteroatoms. The Hall–Kier alpha value is -1.25. The maximum Gasteiger partial charge on any atom is 0.113 e. The molecule has 0 aromatic heterocycles. The van der Waals surface area contributed by atoms with Gasteiger partial charge in [-0.15, -0.1) is 6.42 Å². The number of hydrogen-bond donors (Lipinski definition) is 0. The van der Waals surface area contributed by atoms with Crippen molar-refractivity contribution < 1.29 is 14.2 Å². The molecule has 0 aromatic carbocycles. The minimum Gasteiger partial charge on any atom is -0.372 e. The van der Waals surface area contributed by atoms with Crippen LogP contribution in [-0.2, 0) is 14.2 Å². The van der Waals surface area contributed by atoms with Gasteiger partial charge in [0.1, 0.15) is 18.8 Å². The molecule has 2 saturated heterocycles. The minimum absolute atomic E-state index is 0.148. The van der Waals surface area contributed by atoms with Crippen LogP contribution in [0.2, 0.25) is 0 Å². The summed E-state index contributed by atoms with van der Waals surface area (Å²) in [5.74, 6) is 2.40. The fourth-order valence-corrected chi connectivity index (χ4v) is 1.91. The summed E-state index contributed by atoms with van der Waals surface area (Å²) in [6, 6.07) is -0.251. The Balaban J connectivity index is 1.96. The van der Waals surface area contributed by atoms with Gasteiger partial charge in [0, 0.05) is 4.91 Å². The lowest BCUT2D eigenvalue weighted by molar-refractivity contribution is -0.0192. The van der Waals surface area contributed by atoms with Gasteiger partial charge in [-0.1, -0.05) is 11.0 Å². The normalized spacial score (nSPS) is 38.1. The second kappa shape index (κ2) is 4.51. The molecule has 2 rings (SSSR count). The maximum absolute atomic E-state index is 8.34. The van der Waals surface area contributed by atoms with Crippen molar-refractivity contribution in [2.45, 2.75) is 24.4 Å². The largest absolute Gasteiger partial charge is 0.372 e. The van der Waals surface area contributed by atoms with Gasteiger partial charge >= 0.3 is 0 Å². The van der Waals surface area contributed by atoms with Crippen LogP contribution in [0.4, 0.5) is 0 Å². The molecule has 2 fully saturated rings. The molecule has 0 bridgehead atoms. The highest BCUT2D eigenvalue weighted by molar-refractivity contribution is 4.99. The van der Waals surface area contributed by atoms with E-state index in [-0.39, 0.29) is 31.0 Å². The zero-order chi connectivity index (χ0) is 10.7. The van der Waals surface area contributed by atoms with Gasteiger partial charge in [0.25, 0.3) is 0 Å². The molecule has 15 heavy (non-hydrogen) atoms. The van der Waals surface area contributed by atoms with E-state index in [1.54, 1.807) is 0 Å². The maximum atomic E-state index is 8.34. The zero-order valence-corrected chi connectivity index (χ0v) is 8.07. The third kappa shape index (κ3) is 1.91. The molecule has 0 amide bonds. The van der Waals surface area contributed by atoms with Crippen LogP contribution in [-0.4, -0.2) is 44.2 Å². The highest BCUT2D eigenvalue weighted by atomic mass is 16.6. The van der Waals surface area contributed by atoms with Crippen LogP contribution < -0.4 is 0 Å². The van der Waals surface area contributed by atoms with Crippen molar-refractivity contribution in [1.29, 1.82) is 0 Å². The third-order valence-electron chi connectivity index (χ3n) is 2.56. The fraction of sp³-hybridized carbons (Fsp3) is 0.778. The topological polar surface area (TPSA) is 76.5 Å². The van der Waals surface area contributed by atoms with Crippen LogP contribution in [0.1, 0.15) is 0 Å². The van der Waals surface area contributed by atoms with E-state index in [4.69, 9.17) is 26.2 Å². The zero-order valence-electron chi connectivity index (χ0n) is 8.07. The van der Waals surface area contributed by atoms with E-state index in [0.717, 1.165) is 0 Å².